The summed E-state index contributed by atoms with van der Waals surface area (Å²) < 4.78 is 41.4. The van der Waals surface area contributed by atoms with Crippen molar-refractivity contribution >= 4 is 8.56 Å². The van der Waals surface area contributed by atoms with Crippen molar-refractivity contribution in [3.05, 3.63) is 71.8 Å². The standard InChI is InChI=1S/C34H50O6Si/c1-33(2,3)41(34(4,5)6)37-24-28-29(35-22-25-16-10-7-11-17-25)30(40-41)31(36-23-26-18-12-8-13-19-26)32(39-28)38-27-20-14-9-15-21-27/h7-8,10-13,16-19,27-32H,9,14-15,20-24H2,1-6H3/t28-,29-,30+,31-,32+/m1/s1. The Kier molecular flexibility index (Phi) is 9.76. The highest BCUT2D eigenvalue weighted by atomic mass is 28.4. The van der Waals surface area contributed by atoms with Gasteiger partial charge >= 0.3 is 8.56 Å². The Balaban J connectivity index is 1.51. The summed E-state index contributed by atoms with van der Waals surface area (Å²) in [5, 5.41) is -0.396. The van der Waals surface area contributed by atoms with E-state index in [1.165, 1.54) is 19.3 Å². The molecule has 2 aliphatic heterocycles. The maximum atomic E-state index is 7.43. The predicted octanol–water partition coefficient (Wildman–Crippen LogP) is 7.69. The molecule has 0 amide bonds. The first-order chi connectivity index (χ1) is 19.6. The van der Waals surface area contributed by atoms with Crippen LogP contribution in [0.3, 0.4) is 0 Å². The lowest BCUT2D eigenvalue weighted by Crippen LogP contribution is -2.64. The number of ether oxygens (including phenoxy) is 4. The minimum Gasteiger partial charge on any atom is -0.391 e. The van der Waals surface area contributed by atoms with Gasteiger partial charge in [-0.3, -0.25) is 0 Å². The molecule has 41 heavy (non-hydrogen) atoms. The molecule has 0 aromatic heterocycles. The Morgan fingerprint density at radius 1 is 0.732 bits per heavy atom. The molecule has 2 bridgehead atoms. The fourth-order valence-electron chi connectivity index (χ4n) is 6.89. The third kappa shape index (κ3) is 6.98. The first-order valence-corrected chi connectivity index (χ1v) is 17.3. The maximum Gasteiger partial charge on any atom is 0.349 e. The van der Waals surface area contributed by atoms with Crippen LogP contribution in [0.4, 0.5) is 0 Å². The summed E-state index contributed by atoms with van der Waals surface area (Å²) in [6.45, 7) is 14.8. The van der Waals surface area contributed by atoms with Crippen LogP contribution in [0.15, 0.2) is 60.7 Å². The summed E-state index contributed by atoms with van der Waals surface area (Å²) in [6, 6.07) is 20.6. The Hall–Kier alpha value is -1.58. The number of rotatable bonds is 8. The molecular formula is C34H50O6Si. The fraction of sp³-hybridized carbons (Fsp3) is 0.647. The molecule has 6 nitrogen and oxygen atoms in total. The number of benzene rings is 2. The molecule has 226 valence electrons. The zero-order chi connectivity index (χ0) is 29.1. The third-order valence-corrected chi connectivity index (χ3v) is 13.9. The van der Waals surface area contributed by atoms with Crippen LogP contribution in [0, 0.1) is 0 Å². The van der Waals surface area contributed by atoms with E-state index >= 15 is 0 Å². The Morgan fingerprint density at radius 2 is 1.27 bits per heavy atom. The van der Waals surface area contributed by atoms with E-state index in [2.05, 4.69) is 65.8 Å². The van der Waals surface area contributed by atoms with Crippen LogP contribution in [-0.2, 0) is 41.0 Å². The molecule has 0 spiro atoms. The summed E-state index contributed by atoms with van der Waals surface area (Å²) in [6.07, 6.45) is 3.79. The number of fused-ring (bicyclic) bond motifs is 2. The van der Waals surface area contributed by atoms with Crippen LogP contribution in [0.1, 0.15) is 84.8 Å². The zero-order valence-corrected chi connectivity index (χ0v) is 26.8. The van der Waals surface area contributed by atoms with Crippen LogP contribution >= 0.6 is 0 Å². The summed E-state index contributed by atoms with van der Waals surface area (Å²) in [7, 11) is -2.90. The molecule has 0 N–H and O–H groups in total. The predicted molar refractivity (Wildman–Crippen MR) is 163 cm³/mol. The lowest BCUT2D eigenvalue weighted by Gasteiger charge is -2.51. The minimum atomic E-state index is -2.90. The van der Waals surface area contributed by atoms with Gasteiger partial charge in [-0.25, -0.2) is 0 Å². The smallest absolute Gasteiger partial charge is 0.349 e. The summed E-state index contributed by atoms with van der Waals surface area (Å²) >= 11 is 0. The Bertz CT molecular complexity index is 1060. The van der Waals surface area contributed by atoms with E-state index in [0.717, 1.165) is 24.0 Å². The van der Waals surface area contributed by atoms with Gasteiger partial charge in [-0.15, -0.1) is 0 Å². The Morgan fingerprint density at radius 3 is 1.80 bits per heavy atom. The van der Waals surface area contributed by atoms with Gasteiger partial charge in [-0.2, -0.15) is 0 Å². The maximum absolute atomic E-state index is 7.43. The van der Waals surface area contributed by atoms with Crippen molar-refractivity contribution in [3.8, 4) is 0 Å². The normalized spacial score (nSPS) is 29.2. The molecule has 2 saturated heterocycles. The second-order valence-electron chi connectivity index (χ2n) is 14.0. The molecule has 2 heterocycles. The molecule has 3 fully saturated rings. The molecule has 1 saturated carbocycles. The van der Waals surface area contributed by atoms with E-state index in [0.29, 0.717) is 19.8 Å². The molecule has 1 aliphatic carbocycles. The average molecular weight is 583 g/mol. The van der Waals surface area contributed by atoms with E-state index in [1.807, 2.05) is 36.4 Å². The first kappa shape index (κ1) is 30.9. The molecule has 5 rings (SSSR count). The summed E-state index contributed by atoms with van der Waals surface area (Å²) in [5.41, 5.74) is 2.22. The largest absolute Gasteiger partial charge is 0.391 e. The van der Waals surface area contributed by atoms with Crippen molar-refractivity contribution in [2.24, 2.45) is 0 Å². The highest BCUT2D eigenvalue weighted by Crippen LogP contribution is 2.55. The highest BCUT2D eigenvalue weighted by molar-refractivity contribution is 6.73. The third-order valence-electron chi connectivity index (χ3n) is 8.77. The molecule has 0 unspecified atom stereocenters. The lowest BCUT2D eigenvalue weighted by molar-refractivity contribution is -0.320. The van der Waals surface area contributed by atoms with Gasteiger partial charge in [0.05, 0.1) is 25.9 Å². The van der Waals surface area contributed by atoms with Crippen LogP contribution in [-0.4, -0.2) is 52.0 Å². The number of hydrogen-bond donors (Lipinski definition) is 0. The van der Waals surface area contributed by atoms with Gasteiger partial charge in [-0.05, 0) is 24.0 Å². The summed E-state index contributed by atoms with van der Waals surface area (Å²) in [5.74, 6) is 0. The van der Waals surface area contributed by atoms with E-state index in [9.17, 15) is 0 Å². The van der Waals surface area contributed by atoms with Crippen molar-refractivity contribution in [2.75, 3.05) is 6.61 Å². The minimum absolute atomic E-state index is 0.161. The van der Waals surface area contributed by atoms with Crippen molar-refractivity contribution < 1.29 is 27.8 Å². The van der Waals surface area contributed by atoms with Crippen molar-refractivity contribution in [3.63, 3.8) is 0 Å². The molecule has 5 atom stereocenters. The molecule has 2 aromatic rings. The van der Waals surface area contributed by atoms with Crippen molar-refractivity contribution in [1.82, 2.24) is 0 Å². The van der Waals surface area contributed by atoms with E-state index < -0.39 is 27.1 Å². The molecule has 0 radical (unpaired) electrons. The molecule has 7 heteroatoms. The molecule has 3 aliphatic rings. The van der Waals surface area contributed by atoms with Gasteiger partial charge in [0.1, 0.15) is 24.4 Å². The Labute approximate surface area is 248 Å². The first-order valence-electron chi connectivity index (χ1n) is 15.5. The van der Waals surface area contributed by atoms with Gasteiger partial charge in [0.25, 0.3) is 0 Å². The molecule has 2 aromatic carbocycles. The van der Waals surface area contributed by atoms with Gasteiger partial charge in [0.2, 0.25) is 0 Å². The number of hydrogen-bond acceptors (Lipinski definition) is 6. The summed E-state index contributed by atoms with van der Waals surface area (Å²) in [4.78, 5) is 0. The van der Waals surface area contributed by atoms with Crippen molar-refractivity contribution in [2.45, 2.75) is 134 Å². The van der Waals surface area contributed by atoms with Crippen LogP contribution in [0.5, 0.6) is 0 Å². The quantitative estimate of drug-likeness (QED) is 0.298. The van der Waals surface area contributed by atoms with Crippen LogP contribution in [0.2, 0.25) is 10.1 Å². The highest BCUT2D eigenvalue weighted by Gasteiger charge is 2.65. The monoisotopic (exact) mass is 582 g/mol. The van der Waals surface area contributed by atoms with Gasteiger partial charge in [0, 0.05) is 10.1 Å². The van der Waals surface area contributed by atoms with E-state index in [-0.39, 0.29) is 28.4 Å². The zero-order valence-electron chi connectivity index (χ0n) is 25.8. The topological polar surface area (TPSA) is 55.4 Å². The second kappa shape index (κ2) is 13.0. The average Bonchev–Trinajstić information content (AvgIpc) is 3.07. The van der Waals surface area contributed by atoms with Crippen LogP contribution in [0.25, 0.3) is 0 Å². The fourth-order valence-corrected chi connectivity index (χ4v) is 11.8. The second-order valence-corrected chi connectivity index (χ2v) is 18.7. The van der Waals surface area contributed by atoms with Crippen molar-refractivity contribution in [1.29, 1.82) is 0 Å². The van der Waals surface area contributed by atoms with Gasteiger partial charge in [0.15, 0.2) is 6.29 Å². The van der Waals surface area contributed by atoms with E-state index in [1.54, 1.807) is 0 Å². The van der Waals surface area contributed by atoms with Gasteiger partial charge < -0.3 is 27.8 Å². The lowest BCUT2D eigenvalue weighted by atomic mass is 9.96. The van der Waals surface area contributed by atoms with E-state index in [4.69, 9.17) is 27.8 Å². The SMILES string of the molecule is CC(C)(C)[Si]1(C(C)(C)C)OC[C@H]2O[C@H](OC3CCCCC3)[C@H](OCc3ccccc3)[C@@H](O1)[C@@H]2OCc1ccccc1. The van der Waals surface area contributed by atoms with Crippen LogP contribution < -0.4 is 0 Å². The van der Waals surface area contributed by atoms with Gasteiger partial charge in [-0.1, -0.05) is 121 Å². The molecular weight excluding hydrogens is 532 g/mol.